The van der Waals surface area contributed by atoms with Gasteiger partial charge in [-0.2, -0.15) is 0 Å². The number of carbonyl (C=O) groups is 1. The van der Waals surface area contributed by atoms with E-state index < -0.39 is 0 Å². The molecule has 0 bridgehead atoms. The summed E-state index contributed by atoms with van der Waals surface area (Å²) in [6.45, 7) is 2.14. The quantitative estimate of drug-likeness (QED) is 0.506. The van der Waals surface area contributed by atoms with Gasteiger partial charge in [-0.3, -0.25) is 4.79 Å². The fraction of sp³-hybridized carbons (Fsp3) is 0.357. The third-order valence-corrected chi connectivity index (χ3v) is 2.29. The molecule has 0 unspecified atom stereocenters. The molecular weight excluding hydrogens is 184 g/mol. The minimum atomic E-state index is 0.229. The maximum atomic E-state index is 11.4. The molecule has 15 heavy (non-hydrogen) atoms. The summed E-state index contributed by atoms with van der Waals surface area (Å²) in [7, 11) is 0. The maximum absolute atomic E-state index is 11.4. The van der Waals surface area contributed by atoms with Crippen LogP contribution >= 0.6 is 0 Å². The third kappa shape index (κ3) is 5.16. The lowest BCUT2D eigenvalue weighted by atomic mass is 10.1. The van der Waals surface area contributed by atoms with Gasteiger partial charge in [-0.05, 0) is 18.1 Å². The van der Waals surface area contributed by atoms with Gasteiger partial charge in [0.1, 0.15) is 0 Å². The van der Waals surface area contributed by atoms with Crippen molar-refractivity contribution in [2.75, 3.05) is 0 Å². The number of ketones is 1. The molecule has 1 aromatic rings. The number of hydrogen-bond donors (Lipinski definition) is 0. The van der Waals surface area contributed by atoms with E-state index >= 15 is 0 Å². The zero-order valence-electron chi connectivity index (χ0n) is 9.28. The molecule has 0 fully saturated rings. The summed E-state index contributed by atoms with van der Waals surface area (Å²) in [5, 5.41) is 0. The van der Waals surface area contributed by atoms with E-state index in [0.29, 0.717) is 6.42 Å². The molecule has 0 amide bonds. The van der Waals surface area contributed by atoms with E-state index in [1.807, 2.05) is 36.4 Å². The number of hydrogen-bond acceptors (Lipinski definition) is 1. The van der Waals surface area contributed by atoms with Gasteiger partial charge < -0.3 is 0 Å². The number of rotatable bonds is 6. The molecule has 0 atom stereocenters. The normalized spacial score (nSPS) is 10.7. The Hall–Kier alpha value is -1.37. The Labute approximate surface area is 91.8 Å². The molecule has 80 valence electrons. The fourth-order valence-electron chi connectivity index (χ4n) is 1.39. The number of carbonyl (C=O) groups excluding carboxylic acids is 1. The summed E-state index contributed by atoms with van der Waals surface area (Å²) in [6, 6.07) is 9.91. The Kier molecular flexibility index (Phi) is 5.46. The van der Waals surface area contributed by atoms with Crippen LogP contribution in [0.5, 0.6) is 0 Å². The second-order valence-electron chi connectivity index (χ2n) is 3.67. The van der Waals surface area contributed by atoms with Gasteiger partial charge in [-0.15, -0.1) is 0 Å². The van der Waals surface area contributed by atoms with Crippen molar-refractivity contribution in [2.45, 2.75) is 32.6 Å². The van der Waals surface area contributed by atoms with Gasteiger partial charge in [-0.1, -0.05) is 56.2 Å². The third-order valence-electron chi connectivity index (χ3n) is 2.29. The van der Waals surface area contributed by atoms with E-state index in [-0.39, 0.29) is 5.78 Å². The molecule has 0 N–H and O–H groups in total. The highest BCUT2D eigenvalue weighted by Crippen LogP contribution is 2.04. The van der Waals surface area contributed by atoms with Crippen LogP contribution in [0.15, 0.2) is 36.4 Å². The number of benzene rings is 1. The molecule has 0 aliphatic carbocycles. The van der Waals surface area contributed by atoms with Crippen LogP contribution in [0.1, 0.15) is 38.2 Å². The van der Waals surface area contributed by atoms with E-state index in [9.17, 15) is 4.79 Å². The molecule has 0 heterocycles. The molecular formula is C14H18O. The minimum absolute atomic E-state index is 0.229. The van der Waals surface area contributed by atoms with Crippen LogP contribution in [-0.4, -0.2) is 5.78 Å². The van der Waals surface area contributed by atoms with Crippen molar-refractivity contribution in [1.82, 2.24) is 0 Å². The Balaban J connectivity index is 2.34. The SMILES string of the molecule is CCCCCC(=O)C=Cc1ccccc1. The summed E-state index contributed by atoms with van der Waals surface area (Å²) in [5.41, 5.74) is 1.08. The summed E-state index contributed by atoms with van der Waals surface area (Å²) >= 11 is 0. The van der Waals surface area contributed by atoms with E-state index in [1.165, 1.54) is 0 Å². The predicted octanol–water partition coefficient (Wildman–Crippen LogP) is 3.85. The highest BCUT2D eigenvalue weighted by atomic mass is 16.1. The Morgan fingerprint density at radius 3 is 2.60 bits per heavy atom. The van der Waals surface area contributed by atoms with Crippen LogP contribution in [-0.2, 0) is 4.79 Å². The van der Waals surface area contributed by atoms with E-state index in [2.05, 4.69) is 6.92 Å². The predicted molar refractivity (Wildman–Crippen MR) is 64.6 cm³/mol. The summed E-state index contributed by atoms with van der Waals surface area (Å²) in [6.07, 6.45) is 7.56. The van der Waals surface area contributed by atoms with Gasteiger partial charge in [0.05, 0.1) is 0 Å². The van der Waals surface area contributed by atoms with Crippen molar-refractivity contribution in [3.05, 3.63) is 42.0 Å². The number of unbranched alkanes of at least 4 members (excludes halogenated alkanes) is 2. The van der Waals surface area contributed by atoms with E-state index in [4.69, 9.17) is 0 Å². The van der Waals surface area contributed by atoms with E-state index in [1.54, 1.807) is 6.08 Å². The average molecular weight is 202 g/mol. The Morgan fingerprint density at radius 2 is 1.93 bits per heavy atom. The first kappa shape index (κ1) is 11.7. The van der Waals surface area contributed by atoms with Gasteiger partial charge in [0.25, 0.3) is 0 Å². The van der Waals surface area contributed by atoms with Crippen LogP contribution in [0.25, 0.3) is 6.08 Å². The van der Waals surface area contributed by atoms with Crippen molar-refractivity contribution in [2.24, 2.45) is 0 Å². The summed E-state index contributed by atoms with van der Waals surface area (Å²) in [4.78, 5) is 11.4. The highest BCUT2D eigenvalue weighted by Gasteiger charge is 1.95. The largest absolute Gasteiger partial charge is 0.295 e. The van der Waals surface area contributed by atoms with Crippen LogP contribution in [0.2, 0.25) is 0 Å². The molecule has 1 rings (SSSR count). The zero-order valence-corrected chi connectivity index (χ0v) is 9.28. The highest BCUT2D eigenvalue weighted by molar-refractivity contribution is 5.93. The first-order valence-electron chi connectivity index (χ1n) is 5.59. The fourth-order valence-corrected chi connectivity index (χ4v) is 1.39. The van der Waals surface area contributed by atoms with Crippen LogP contribution < -0.4 is 0 Å². The van der Waals surface area contributed by atoms with Crippen molar-refractivity contribution in [3.8, 4) is 0 Å². The van der Waals surface area contributed by atoms with Crippen molar-refractivity contribution in [3.63, 3.8) is 0 Å². The lowest BCUT2D eigenvalue weighted by Gasteiger charge is -1.94. The summed E-state index contributed by atoms with van der Waals surface area (Å²) in [5.74, 6) is 0.229. The second-order valence-corrected chi connectivity index (χ2v) is 3.67. The van der Waals surface area contributed by atoms with Crippen molar-refractivity contribution >= 4 is 11.9 Å². The molecule has 0 saturated carbocycles. The second kappa shape index (κ2) is 6.99. The molecule has 1 nitrogen and oxygen atoms in total. The lowest BCUT2D eigenvalue weighted by molar-refractivity contribution is -0.114. The topological polar surface area (TPSA) is 17.1 Å². The van der Waals surface area contributed by atoms with Crippen molar-refractivity contribution < 1.29 is 4.79 Å². The van der Waals surface area contributed by atoms with Gasteiger partial charge in [-0.25, -0.2) is 0 Å². The van der Waals surface area contributed by atoms with Crippen LogP contribution in [0.3, 0.4) is 0 Å². The van der Waals surface area contributed by atoms with Gasteiger partial charge in [0.15, 0.2) is 5.78 Å². The first-order valence-corrected chi connectivity index (χ1v) is 5.59. The zero-order chi connectivity index (χ0) is 10.9. The molecule has 0 radical (unpaired) electrons. The van der Waals surface area contributed by atoms with E-state index in [0.717, 1.165) is 24.8 Å². The molecule has 1 heteroatoms. The molecule has 0 aromatic heterocycles. The van der Waals surface area contributed by atoms with Gasteiger partial charge in [0, 0.05) is 6.42 Å². The monoisotopic (exact) mass is 202 g/mol. The Bertz CT molecular complexity index is 311. The molecule has 1 aromatic carbocycles. The molecule has 0 spiro atoms. The molecule has 0 saturated heterocycles. The van der Waals surface area contributed by atoms with Crippen LogP contribution in [0.4, 0.5) is 0 Å². The first-order chi connectivity index (χ1) is 7.33. The van der Waals surface area contributed by atoms with Gasteiger partial charge >= 0.3 is 0 Å². The maximum Gasteiger partial charge on any atom is 0.155 e. The minimum Gasteiger partial charge on any atom is -0.295 e. The van der Waals surface area contributed by atoms with Crippen molar-refractivity contribution in [1.29, 1.82) is 0 Å². The smallest absolute Gasteiger partial charge is 0.155 e. The average Bonchev–Trinajstić information content (AvgIpc) is 2.28. The molecule has 0 aliphatic heterocycles. The molecule has 0 aliphatic rings. The Morgan fingerprint density at radius 1 is 1.20 bits per heavy atom. The van der Waals surface area contributed by atoms with Crippen LogP contribution in [0, 0.1) is 0 Å². The lowest BCUT2D eigenvalue weighted by Crippen LogP contribution is -1.91. The number of allylic oxidation sites excluding steroid dienone is 1. The van der Waals surface area contributed by atoms with Gasteiger partial charge in [0.2, 0.25) is 0 Å². The standard InChI is InChI=1S/C14H18O/c1-2-3-5-10-14(15)12-11-13-8-6-4-7-9-13/h4,6-9,11-12H,2-3,5,10H2,1H3. The summed E-state index contributed by atoms with van der Waals surface area (Å²) < 4.78 is 0.